The molecular weight excluding hydrogens is 294 g/mol. The minimum atomic E-state index is -0.0827. The van der Waals surface area contributed by atoms with Crippen molar-refractivity contribution in [1.82, 2.24) is 10.3 Å². The molecule has 100 valence electrons. The van der Waals surface area contributed by atoms with Gasteiger partial charge in [0, 0.05) is 23.3 Å². The van der Waals surface area contributed by atoms with Crippen LogP contribution >= 0.6 is 15.9 Å². The highest BCUT2D eigenvalue weighted by Gasteiger charge is 2.14. The molecule has 1 rings (SSSR count). The van der Waals surface area contributed by atoms with Crippen LogP contribution in [-0.4, -0.2) is 23.5 Å². The highest BCUT2D eigenvalue weighted by molar-refractivity contribution is 9.10. The van der Waals surface area contributed by atoms with Crippen molar-refractivity contribution in [2.75, 3.05) is 11.9 Å². The summed E-state index contributed by atoms with van der Waals surface area (Å²) in [6.07, 6.45) is 3.71. The van der Waals surface area contributed by atoms with Crippen LogP contribution in [-0.2, 0) is 0 Å². The first-order valence-corrected chi connectivity index (χ1v) is 7.08. The van der Waals surface area contributed by atoms with Gasteiger partial charge in [0.1, 0.15) is 5.82 Å². The number of nitrogens with zero attached hydrogens (tertiary/aromatic N) is 1. The van der Waals surface area contributed by atoms with Crippen molar-refractivity contribution in [3.8, 4) is 0 Å². The van der Waals surface area contributed by atoms with E-state index >= 15 is 0 Å². The molecule has 1 unspecified atom stereocenters. The molecule has 2 N–H and O–H groups in total. The highest BCUT2D eigenvalue weighted by Crippen LogP contribution is 2.18. The lowest BCUT2D eigenvalue weighted by Gasteiger charge is -2.15. The van der Waals surface area contributed by atoms with Gasteiger partial charge in [0.15, 0.2) is 0 Å². The molecule has 0 aromatic carbocycles. The molecule has 1 heterocycles. The maximum Gasteiger partial charge on any atom is 0.255 e. The molecule has 0 aliphatic rings. The average molecular weight is 314 g/mol. The van der Waals surface area contributed by atoms with Gasteiger partial charge in [-0.25, -0.2) is 4.98 Å². The summed E-state index contributed by atoms with van der Waals surface area (Å²) in [5, 5.41) is 6.08. The van der Waals surface area contributed by atoms with Crippen molar-refractivity contribution in [2.45, 2.75) is 39.7 Å². The normalized spacial score (nSPS) is 12.0. The third-order valence-electron chi connectivity index (χ3n) is 2.54. The Kier molecular flexibility index (Phi) is 6.12. The number of anilines is 1. The number of aromatic nitrogens is 1. The van der Waals surface area contributed by atoms with E-state index in [0.717, 1.165) is 23.9 Å². The first-order valence-electron chi connectivity index (χ1n) is 6.28. The van der Waals surface area contributed by atoms with Crippen LogP contribution in [0.3, 0.4) is 0 Å². The SMILES string of the molecule is CCCC(C)NC(=O)c1cc(Br)cnc1NCC. The van der Waals surface area contributed by atoms with Crippen LogP contribution in [0.4, 0.5) is 5.82 Å². The third kappa shape index (κ3) is 4.29. The summed E-state index contributed by atoms with van der Waals surface area (Å²) in [7, 11) is 0. The van der Waals surface area contributed by atoms with Gasteiger partial charge in [-0.3, -0.25) is 4.79 Å². The molecule has 0 fully saturated rings. The van der Waals surface area contributed by atoms with Crippen LogP contribution in [0.25, 0.3) is 0 Å². The second-order valence-electron chi connectivity index (χ2n) is 4.24. The lowest BCUT2D eigenvalue weighted by Crippen LogP contribution is -2.33. The Morgan fingerprint density at radius 2 is 2.22 bits per heavy atom. The first-order chi connectivity index (χ1) is 8.58. The molecule has 1 aromatic rings. The summed E-state index contributed by atoms with van der Waals surface area (Å²) in [6.45, 7) is 6.83. The number of hydrogen-bond donors (Lipinski definition) is 2. The third-order valence-corrected chi connectivity index (χ3v) is 2.98. The molecule has 0 spiro atoms. The van der Waals surface area contributed by atoms with Crippen molar-refractivity contribution >= 4 is 27.7 Å². The molecule has 5 heteroatoms. The number of carbonyl (C=O) groups is 1. The summed E-state index contributed by atoms with van der Waals surface area (Å²) in [6, 6.07) is 1.97. The van der Waals surface area contributed by atoms with Gasteiger partial charge < -0.3 is 10.6 Å². The molecule has 18 heavy (non-hydrogen) atoms. The molecule has 0 bridgehead atoms. The molecule has 0 saturated heterocycles. The summed E-state index contributed by atoms with van der Waals surface area (Å²) in [5.74, 6) is 0.544. The Hall–Kier alpha value is -1.10. The summed E-state index contributed by atoms with van der Waals surface area (Å²) >= 11 is 3.34. The molecule has 1 aromatic heterocycles. The lowest BCUT2D eigenvalue weighted by atomic mass is 10.1. The van der Waals surface area contributed by atoms with Crippen molar-refractivity contribution in [2.24, 2.45) is 0 Å². The predicted molar refractivity (Wildman–Crippen MR) is 77.9 cm³/mol. The quantitative estimate of drug-likeness (QED) is 0.848. The van der Waals surface area contributed by atoms with Crippen molar-refractivity contribution < 1.29 is 4.79 Å². The molecule has 1 amide bonds. The van der Waals surface area contributed by atoms with Crippen LogP contribution in [0.5, 0.6) is 0 Å². The minimum absolute atomic E-state index is 0.0827. The molecule has 0 aliphatic carbocycles. The number of nitrogens with one attached hydrogen (secondary N) is 2. The van der Waals surface area contributed by atoms with E-state index in [2.05, 4.69) is 38.5 Å². The number of amides is 1. The Morgan fingerprint density at radius 3 is 2.83 bits per heavy atom. The van der Waals surface area contributed by atoms with Gasteiger partial charge in [-0.05, 0) is 42.3 Å². The largest absolute Gasteiger partial charge is 0.370 e. The van der Waals surface area contributed by atoms with E-state index in [-0.39, 0.29) is 11.9 Å². The molecule has 0 aliphatic heterocycles. The second-order valence-corrected chi connectivity index (χ2v) is 5.16. The minimum Gasteiger partial charge on any atom is -0.370 e. The van der Waals surface area contributed by atoms with E-state index in [1.807, 2.05) is 13.8 Å². The molecule has 0 radical (unpaired) electrons. The van der Waals surface area contributed by atoms with E-state index in [1.165, 1.54) is 0 Å². The number of carbonyl (C=O) groups excluding carboxylic acids is 1. The van der Waals surface area contributed by atoms with E-state index in [1.54, 1.807) is 12.3 Å². The van der Waals surface area contributed by atoms with Gasteiger partial charge >= 0.3 is 0 Å². The van der Waals surface area contributed by atoms with Gasteiger partial charge in [-0.1, -0.05) is 13.3 Å². The molecule has 4 nitrogen and oxygen atoms in total. The Balaban J connectivity index is 2.85. The molecular formula is C13H20BrN3O. The van der Waals surface area contributed by atoms with Crippen LogP contribution in [0.1, 0.15) is 44.0 Å². The van der Waals surface area contributed by atoms with Crippen LogP contribution in [0.15, 0.2) is 16.7 Å². The fourth-order valence-corrected chi connectivity index (χ4v) is 2.06. The van der Waals surface area contributed by atoms with E-state index < -0.39 is 0 Å². The fourth-order valence-electron chi connectivity index (χ4n) is 1.73. The van der Waals surface area contributed by atoms with Gasteiger partial charge in [0.05, 0.1) is 5.56 Å². The topological polar surface area (TPSA) is 54.0 Å². The smallest absolute Gasteiger partial charge is 0.255 e. The number of pyridine rings is 1. The van der Waals surface area contributed by atoms with Gasteiger partial charge in [0.2, 0.25) is 0 Å². The zero-order valence-electron chi connectivity index (χ0n) is 11.1. The lowest BCUT2D eigenvalue weighted by molar-refractivity contribution is 0.0939. The maximum absolute atomic E-state index is 12.2. The van der Waals surface area contributed by atoms with E-state index in [4.69, 9.17) is 0 Å². The zero-order valence-corrected chi connectivity index (χ0v) is 12.7. The molecule has 0 saturated carbocycles. The second kappa shape index (κ2) is 7.36. The summed E-state index contributed by atoms with van der Waals surface area (Å²) in [4.78, 5) is 16.4. The van der Waals surface area contributed by atoms with E-state index in [9.17, 15) is 4.79 Å². The van der Waals surface area contributed by atoms with Crippen LogP contribution in [0, 0.1) is 0 Å². The molecule has 1 atom stereocenters. The van der Waals surface area contributed by atoms with Crippen LogP contribution in [0.2, 0.25) is 0 Å². The van der Waals surface area contributed by atoms with Crippen LogP contribution < -0.4 is 10.6 Å². The highest BCUT2D eigenvalue weighted by atomic mass is 79.9. The van der Waals surface area contributed by atoms with Crippen molar-refractivity contribution in [3.05, 3.63) is 22.3 Å². The Morgan fingerprint density at radius 1 is 1.50 bits per heavy atom. The number of halogens is 1. The standard InChI is InChI=1S/C13H20BrN3O/c1-4-6-9(3)17-13(18)11-7-10(14)8-16-12(11)15-5-2/h7-9H,4-6H2,1-3H3,(H,15,16)(H,17,18). The number of rotatable bonds is 6. The predicted octanol–water partition coefficient (Wildman–Crippen LogP) is 3.19. The van der Waals surface area contributed by atoms with Gasteiger partial charge in [0.25, 0.3) is 5.91 Å². The van der Waals surface area contributed by atoms with Gasteiger partial charge in [-0.2, -0.15) is 0 Å². The van der Waals surface area contributed by atoms with Gasteiger partial charge in [-0.15, -0.1) is 0 Å². The Bertz CT molecular complexity index is 409. The monoisotopic (exact) mass is 313 g/mol. The summed E-state index contributed by atoms with van der Waals surface area (Å²) in [5.41, 5.74) is 0.578. The fraction of sp³-hybridized carbons (Fsp3) is 0.538. The first kappa shape index (κ1) is 15.0. The van der Waals surface area contributed by atoms with Crippen molar-refractivity contribution in [1.29, 1.82) is 0 Å². The van der Waals surface area contributed by atoms with E-state index in [0.29, 0.717) is 11.4 Å². The average Bonchev–Trinajstić information content (AvgIpc) is 2.32. The summed E-state index contributed by atoms with van der Waals surface area (Å²) < 4.78 is 0.803. The number of hydrogen-bond acceptors (Lipinski definition) is 3. The Labute approximate surface area is 117 Å². The zero-order chi connectivity index (χ0) is 13.5. The maximum atomic E-state index is 12.2. The van der Waals surface area contributed by atoms with Crippen molar-refractivity contribution in [3.63, 3.8) is 0 Å².